The Balaban J connectivity index is 1.52. The van der Waals surface area contributed by atoms with Gasteiger partial charge in [0.2, 0.25) is 0 Å². The predicted molar refractivity (Wildman–Crippen MR) is 136 cm³/mol. The molecule has 0 aliphatic carbocycles. The molecule has 0 unspecified atom stereocenters. The van der Waals surface area contributed by atoms with Gasteiger partial charge in [0.25, 0.3) is 5.91 Å². The lowest BCUT2D eigenvalue weighted by atomic mass is 10.2. The minimum absolute atomic E-state index is 0.148. The number of aromatic nitrogens is 3. The Labute approximate surface area is 208 Å². The van der Waals surface area contributed by atoms with Gasteiger partial charge in [-0.2, -0.15) is 5.10 Å². The summed E-state index contributed by atoms with van der Waals surface area (Å²) in [6.45, 7) is 2.55. The van der Waals surface area contributed by atoms with Crippen LogP contribution in [0.4, 0.5) is 0 Å². The van der Waals surface area contributed by atoms with E-state index in [1.165, 1.54) is 23.1 Å². The summed E-state index contributed by atoms with van der Waals surface area (Å²) in [4.78, 5) is 13.3. The molecular formula is C23H20BrN5O2S2. The largest absolute Gasteiger partial charge is 0.494 e. The van der Waals surface area contributed by atoms with Gasteiger partial charge < -0.3 is 4.74 Å². The minimum atomic E-state index is -0.227. The number of thiophene rings is 1. The molecule has 2 heterocycles. The van der Waals surface area contributed by atoms with Crippen molar-refractivity contribution >= 4 is 51.2 Å². The number of carbonyl (C=O) groups excluding carboxylic acids is 1. The Morgan fingerprint density at radius 3 is 2.64 bits per heavy atom. The van der Waals surface area contributed by atoms with Crippen LogP contribution in [0.1, 0.15) is 11.8 Å². The van der Waals surface area contributed by atoms with Crippen LogP contribution in [0.2, 0.25) is 0 Å². The first-order valence-corrected chi connectivity index (χ1v) is 12.7. The standard InChI is InChI=1S/C23H20BrN5O2S2/c1-2-31-18-10-8-17(9-11-18)29-22(16-6-4-3-5-7-16)27-28-23(29)32-15-21(30)26-25-14-19-12-13-20(24)33-19/h3-14H,2,15H2,1H3,(H,26,30)/b25-14-. The molecule has 2 aromatic carbocycles. The van der Waals surface area contributed by atoms with Gasteiger partial charge in [0.05, 0.1) is 22.4 Å². The minimum Gasteiger partial charge on any atom is -0.494 e. The molecule has 4 aromatic rings. The predicted octanol–water partition coefficient (Wildman–Crippen LogP) is 5.40. The highest BCUT2D eigenvalue weighted by Gasteiger charge is 2.17. The summed E-state index contributed by atoms with van der Waals surface area (Å²) >= 11 is 6.24. The lowest BCUT2D eigenvalue weighted by Gasteiger charge is -2.11. The molecule has 4 rings (SSSR count). The normalized spacial score (nSPS) is 11.1. The number of rotatable bonds is 9. The number of hydrazone groups is 1. The van der Waals surface area contributed by atoms with Crippen molar-refractivity contribution in [2.75, 3.05) is 12.4 Å². The number of nitrogens with zero attached hydrogens (tertiary/aromatic N) is 4. The number of ether oxygens (including phenoxy) is 1. The molecule has 0 aliphatic heterocycles. The van der Waals surface area contributed by atoms with E-state index in [1.807, 2.05) is 78.2 Å². The molecule has 7 nitrogen and oxygen atoms in total. The van der Waals surface area contributed by atoms with E-state index in [4.69, 9.17) is 4.74 Å². The van der Waals surface area contributed by atoms with E-state index in [1.54, 1.807) is 6.21 Å². The summed E-state index contributed by atoms with van der Waals surface area (Å²) < 4.78 is 8.51. The SMILES string of the molecule is CCOc1ccc(-n2c(SCC(=O)N/N=C\c3ccc(Br)s3)nnc2-c2ccccc2)cc1. The molecule has 0 spiro atoms. The highest BCUT2D eigenvalue weighted by molar-refractivity contribution is 9.11. The highest BCUT2D eigenvalue weighted by atomic mass is 79.9. The van der Waals surface area contributed by atoms with Crippen molar-refractivity contribution in [2.24, 2.45) is 5.10 Å². The Morgan fingerprint density at radius 1 is 1.15 bits per heavy atom. The van der Waals surface area contributed by atoms with Gasteiger partial charge in [-0.05, 0) is 59.3 Å². The summed E-state index contributed by atoms with van der Waals surface area (Å²) in [7, 11) is 0. The molecule has 0 aliphatic rings. The van der Waals surface area contributed by atoms with Gasteiger partial charge in [-0.15, -0.1) is 21.5 Å². The average Bonchev–Trinajstić information content (AvgIpc) is 3.45. The molecule has 0 bridgehead atoms. The quantitative estimate of drug-likeness (QED) is 0.174. The molecule has 1 amide bonds. The first-order valence-electron chi connectivity index (χ1n) is 10.1. The summed E-state index contributed by atoms with van der Waals surface area (Å²) in [6, 6.07) is 21.4. The van der Waals surface area contributed by atoms with Gasteiger partial charge in [0, 0.05) is 16.1 Å². The van der Waals surface area contributed by atoms with E-state index in [9.17, 15) is 4.79 Å². The van der Waals surface area contributed by atoms with Crippen molar-refractivity contribution < 1.29 is 9.53 Å². The number of carbonyl (C=O) groups is 1. The van der Waals surface area contributed by atoms with Crippen molar-refractivity contribution in [1.29, 1.82) is 0 Å². The Kier molecular flexibility index (Phi) is 7.92. The molecule has 33 heavy (non-hydrogen) atoms. The monoisotopic (exact) mass is 541 g/mol. The van der Waals surface area contributed by atoms with E-state index in [-0.39, 0.29) is 11.7 Å². The topological polar surface area (TPSA) is 81.4 Å². The van der Waals surface area contributed by atoms with E-state index >= 15 is 0 Å². The summed E-state index contributed by atoms with van der Waals surface area (Å²) in [5.74, 6) is 1.41. The molecule has 0 saturated carbocycles. The number of amides is 1. The average molecular weight is 542 g/mol. The van der Waals surface area contributed by atoms with Gasteiger partial charge in [0.15, 0.2) is 11.0 Å². The van der Waals surface area contributed by atoms with Gasteiger partial charge in [-0.25, -0.2) is 5.43 Å². The molecule has 0 atom stereocenters. The lowest BCUT2D eigenvalue weighted by Crippen LogP contribution is -2.19. The van der Waals surface area contributed by atoms with Crippen LogP contribution in [0.25, 0.3) is 17.1 Å². The van der Waals surface area contributed by atoms with Crippen LogP contribution in [0.3, 0.4) is 0 Å². The molecular weight excluding hydrogens is 522 g/mol. The third-order valence-electron chi connectivity index (χ3n) is 4.38. The fourth-order valence-corrected chi connectivity index (χ4v) is 5.00. The number of thioether (sulfide) groups is 1. The fraction of sp³-hybridized carbons (Fsp3) is 0.130. The number of halogens is 1. The number of benzene rings is 2. The van der Waals surface area contributed by atoms with Crippen LogP contribution in [0.15, 0.2) is 80.8 Å². The number of hydrogen-bond donors (Lipinski definition) is 1. The molecule has 2 aromatic heterocycles. The van der Waals surface area contributed by atoms with Crippen LogP contribution >= 0.6 is 39.0 Å². The second-order valence-corrected chi connectivity index (χ2v) is 10.1. The maximum atomic E-state index is 12.3. The van der Waals surface area contributed by atoms with Crippen molar-refractivity contribution in [1.82, 2.24) is 20.2 Å². The van der Waals surface area contributed by atoms with E-state index in [2.05, 4.69) is 36.7 Å². The molecule has 0 saturated heterocycles. The lowest BCUT2D eigenvalue weighted by molar-refractivity contribution is -0.118. The molecule has 10 heteroatoms. The maximum absolute atomic E-state index is 12.3. The third-order valence-corrected chi connectivity index (χ3v) is 6.87. The number of hydrogen-bond acceptors (Lipinski definition) is 7. The fourth-order valence-electron chi connectivity index (χ4n) is 2.96. The smallest absolute Gasteiger partial charge is 0.250 e. The Morgan fingerprint density at radius 2 is 1.94 bits per heavy atom. The van der Waals surface area contributed by atoms with Crippen LogP contribution in [-0.4, -0.2) is 39.2 Å². The first kappa shape index (κ1) is 23.2. The second-order valence-electron chi connectivity index (χ2n) is 6.66. The zero-order valence-corrected chi connectivity index (χ0v) is 20.9. The zero-order chi connectivity index (χ0) is 23.0. The number of nitrogens with one attached hydrogen (secondary N) is 1. The van der Waals surface area contributed by atoms with E-state index < -0.39 is 0 Å². The second kappa shape index (κ2) is 11.3. The van der Waals surface area contributed by atoms with Gasteiger partial charge in [-0.1, -0.05) is 42.1 Å². The highest BCUT2D eigenvalue weighted by Crippen LogP contribution is 2.29. The Hall–Kier alpha value is -2.95. The first-order chi connectivity index (χ1) is 16.1. The van der Waals surface area contributed by atoms with Gasteiger partial charge >= 0.3 is 0 Å². The van der Waals surface area contributed by atoms with Crippen LogP contribution in [-0.2, 0) is 4.79 Å². The third kappa shape index (κ3) is 6.10. The molecule has 0 fully saturated rings. The van der Waals surface area contributed by atoms with Crippen LogP contribution in [0.5, 0.6) is 5.75 Å². The molecule has 0 radical (unpaired) electrons. The zero-order valence-electron chi connectivity index (χ0n) is 17.6. The Bertz CT molecular complexity index is 1240. The van der Waals surface area contributed by atoms with Crippen molar-refractivity contribution in [3.05, 3.63) is 75.4 Å². The maximum Gasteiger partial charge on any atom is 0.250 e. The molecule has 168 valence electrons. The molecule has 1 N–H and O–H groups in total. The summed E-state index contributed by atoms with van der Waals surface area (Å²) in [5, 5.41) is 13.4. The van der Waals surface area contributed by atoms with Gasteiger partial charge in [0.1, 0.15) is 5.75 Å². The van der Waals surface area contributed by atoms with Crippen molar-refractivity contribution in [2.45, 2.75) is 12.1 Å². The van der Waals surface area contributed by atoms with Crippen LogP contribution in [0, 0.1) is 0 Å². The van der Waals surface area contributed by atoms with Gasteiger partial charge in [-0.3, -0.25) is 9.36 Å². The van der Waals surface area contributed by atoms with E-state index in [0.717, 1.165) is 25.7 Å². The van der Waals surface area contributed by atoms with Crippen molar-refractivity contribution in [3.8, 4) is 22.8 Å². The van der Waals surface area contributed by atoms with Crippen molar-refractivity contribution in [3.63, 3.8) is 0 Å². The van der Waals surface area contributed by atoms with E-state index in [0.29, 0.717) is 17.6 Å². The summed E-state index contributed by atoms with van der Waals surface area (Å²) in [5.41, 5.74) is 4.37. The summed E-state index contributed by atoms with van der Waals surface area (Å²) in [6.07, 6.45) is 1.62. The van der Waals surface area contributed by atoms with Crippen LogP contribution < -0.4 is 10.2 Å².